The van der Waals surface area contributed by atoms with Gasteiger partial charge in [0, 0.05) is 12.7 Å². The SMILES string of the molecule is CCNC(=O)Nc1ncnc2c1ncn2[C@@H]1O[C@H](COP(=O)([O-])CCC(=O)O)C2O[C@H](/C=C/c3ccccc3)O[C@@H]21. The first-order valence-electron chi connectivity index (χ1n) is 12.8. The summed E-state index contributed by atoms with van der Waals surface area (Å²) >= 11 is 0. The number of carboxylic acid groups (broad SMARTS) is 1. The molecule has 2 fully saturated rings. The number of benzene rings is 1. The zero-order valence-electron chi connectivity index (χ0n) is 21.9. The largest absolute Gasteiger partial charge is 0.778 e. The van der Waals surface area contributed by atoms with E-state index in [1.54, 1.807) is 17.6 Å². The van der Waals surface area contributed by atoms with E-state index in [0.29, 0.717) is 17.7 Å². The van der Waals surface area contributed by atoms with E-state index in [0.717, 1.165) is 5.56 Å². The number of aromatic nitrogens is 4. The standard InChI is InChI=1S/C25H29N6O9P/c1-2-26-25(34)30-22-19-23(28-13-27-22)31(14-29-19)24-21-20(16(38-24)12-37-41(35,36)11-10-17(32)33)39-18(40-21)9-8-15-6-4-3-5-7-15/h3-9,13-14,16,18,20-21,24H,2,10-12H2,1H3,(H,32,33)(H,35,36)(H2,26,27,28,30,34)/p-1/b9-8+/t16-,18+,20?,21+,24-/m1/s1. The van der Waals surface area contributed by atoms with Crippen LogP contribution in [0.3, 0.4) is 0 Å². The molecule has 2 aliphatic rings. The van der Waals surface area contributed by atoms with Crippen molar-refractivity contribution in [3.05, 3.63) is 54.6 Å². The number of hydrogen-bond donors (Lipinski definition) is 3. The van der Waals surface area contributed by atoms with Crippen LogP contribution in [0, 0.1) is 0 Å². The molecule has 4 heterocycles. The van der Waals surface area contributed by atoms with E-state index in [9.17, 15) is 19.0 Å². The van der Waals surface area contributed by atoms with Crippen LogP contribution in [-0.4, -0.2) is 80.5 Å². The van der Waals surface area contributed by atoms with Gasteiger partial charge in [-0.1, -0.05) is 36.4 Å². The van der Waals surface area contributed by atoms with Gasteiger partial charge < -0.3 is 38.6 Å². The van der Waals surface area contributed by atoms with Crippen molar-refractivity contribution in [3.63, 3.8) is 0 Å². The highest BCUT2D eigenvalue weighted by molar-refractivity contribution is 7.51. The number of fused-ring (bicyclic) bond motifs is 2. The Bertz CT molecular complexity index is 1470. The highest BCUT2D eigenvalue weighted by atomic mass is 31.2. The minimum atomic E-state index is -4.46. The summed E-state index contributed by atoms with van der Waals surface area (Å²) in [6.45, 7) is 1.78. The van der Waals surface area contributed by atoms with Gasteiger partial charge in [-0.3, -0.25) is 14.7 Å². The molecule has 2 unspecified atom stereocenters. The highest BCUT2D eigenvalue weighted by Crippen LogP contribution is 2.44. The van der Waals surface area contributed by atoms with Crippen LogP contribution in [0.1, 0.15) is 25.1 Å². The van der Waals surface area contributed by atoms with Crippen molar-refractivity contribution < 1.29 is 42.9 Å². The summed E-state index contributed by atoms with van der Waals surface area (Å²) in [5.41, 5.74) is 1.57. The molecule has 3 aromatic rings. The topological polar surface area (TPSA) is 199 Å². The molecular weight excluding hydrogens is 559 g/mol. The van der Waals surface area contributed by atoms with Crippen LogP contribution in [-0.2, 0) is 28.1 Å². The number of anilines is 1. The average Bonchev–Trinajstić information content (AvgIpc) is 3.65. The van der Waals surface area contributed by atoms with Gasteiger partial charge in [-0.05, 0) is 18.6 Å². The van der Waals surface area contributed by atoms with Gasteiger partial charge in [-0.15, -0.1) is 0 Å². The molecule has 5 rings (SSSR count). The van der Waals surface area contributed by atoms with Crippen LogP contribution in [0.4, 0.5) is 10.6 Å². The van der Waals surface area contributed by atoms with Gasteiger partial charge in [-0.25, -0.2) is 19.7 Å². The predicted molar refractivity (Wildman–Crippen MR) is 142 cm³/mol. The van der Waals surface area contributed by atoms with Crippen LogP contribution < -0.4 is 15.5 Å². The Morgan fingerprint density at radius 1 is 1.17 bits per heavy atom. The van der Waals surface area contributed by atoms with Crippen molar-refractivity contribution in [3.8, 4) is 0 Å². The minimum absolute atomic E-state index is 0.187. The van der Waals surface area contributed by atoms with Gasteiger partial charge in [0.15, 0.2) is 29.5 Å². The van der Waals surface area contributed by atoms with E-state index in [1.807, 2.05) is 36.4 Å². The van der Waals surface area contributed by atoms with Gasteiger partial charge in [0.1, 0.15) is 32.2 Å². The second-order valence-electron chi connectivity index (χ2n) is 9.21. The fourth-order valence-electron chi connectivity index (χ4n) is 4.49. The van der Waals surface area contributed by atoms with Crippen molar-refractivity contribution in [1.82, 2.24) is 24.8 Å². The van der Waals surface area contributed by atoms with E-state index in [-0.39, 0.29) is 5.82 Å². The Balaban J connectivity index is 1.39. The zero-order chi connectivity index (χ0) is 29.0. The van der Waals surface area contributed by atoms with E-state index < -0.39 is 69.6 Å². The molecule has 41 heavy (non-hydrogen) atoms. The summed E-state index contributed by atoms with van der Waals surface area (Å²) in [6.07, 6.45) is 1.08. The normalized spacial score (nSPS) is 25.3. The quantitative estimate of drug-likeness (QED) is 0.275. The molecule has 2 aliphatic heterocycles. The molecule has 218 valence electrons. The summed E-state index contributed by atoms with van der Waals surface area (Å²) in [4.78, 5) is 48.0. The molecule has 3 N–H and O–H groups in total. The molecule has 0 aliphatic carbocycles. The number of imidazole rings is 1. The number of amides is 2. The number of carboxylic acids is 1. The van der Waals surface area contributed by atoms with Crippen LogP contribution in [0.15, 0.2) is 49.1 Å². The maximum absolute atomic E-state index is 12.3. The first kappa shape index (κ1) is 28.8. The Kier molecular flexibility index (Phi) is 8.73. The molecule has 2 saturated heterocycles. The van der Waals surface area contributed by atoms with Crippen LogP contribution >= 0.6 is 7.60 Å². The lowest BCUT2D eigenvalue weighted by Crippen LogP contribution is -2.32. The van der Waals surface area contributed by atoms with Crippen LogP contribution in [0.25, 0.3) is 17.2 Å². The minimum Gasteiger partial charge on any atom is -0.778 e. The summed E-state index contributed by atoms with van der Waals surface area (Å²) < 4.78 is 37.4. The summed E-state index contributed by atoms with van der Waals surface area (Å²) in [5.74, 6) is -1.07. The van der Waals surface area contributed by atoms with Gasteiger partial charge in [-0.2, -0.15) is 0 Å². The zero-order valence-corrected chi connectivity index (χ0v) is 22.8. The second kappa shape index (κ2) is 12.4. The Morgan fingerprint density at radius 3 is 2.71 bits per heavy atom. The third-order valence-corrected chi connectivity index (χ3v) is 7.66. The molecule has 2 amide bonds. The van der Waals surface area contributed by atoms with Crippen LogP contribution in [0.2, 0.25) is 0 Å². The van der Waals surface area contributed by atoms with Crippen molar-refractivity contribution in [2.45, 2.75) is 44.2 Å². The molecule has 6 atom stereocenters. The molecule has 0 spiro atoms. The van der Waals surface area contributed by atoms with E-state index >= 15 is 0 Å². The maximum atomic E-state index is 12.3. The van der Waals surface area contributed by atoms with E-state index in [1.165, 1.54) is 12.7 Å². The lowest BCUT2D eigenvalue weighted by molar-refractivity contribution is -0.203. The fourth-order valence-corrected chi connectivity index (χ4v) is 5.46. The first-order chi connectivity index (χ1) is 19.7. The maximum Gasteiger partial charge on any atom is 0.320 e. The van der Waals surface area contributed by atoms with Crippen LogP contribution in [0.5, 0.6) is 0 Å². The Labute approximate surface area is 234 Å². The van der Waals surface area contributed by atoms with Gasteiger partial charge in [0.05, 0.1) is 19.4 Å². The first-order valence-corrected chi connectivity index (χ1v) is 14.6. The van der Waals surface area contributed by atoms with Crippen molar-refractivity contribution in [2.75, 3.05) is 24.6 Å². The number of carbonyl (C=O) groups is 2. The highest BCUT2D eigenvalue weighted by Gasteiger charge is 2.53. The molecule has 0 radical (unpaired) electrons. The summed E-state index contributed by atoms with van der Waals surface area (Å²) in [6, 6.07) is 9.08. The van der Waals surface area contributed by atoms with E-state index in [4.69, 9.17) is 23.8 Å². The van der Waals surface area contributed by atoms with Crippen molar-refractivity contribution in [2.24, 2.45) is 0 Å². The molecule has 0 bridgehead atoms. The average molecular weight is 588 g/mol. The summed E-state index contributed by atoms with van der Waals surface area (Å²) in [5, 5.41) is 14.1. The molecule has 16 heteroatoms. The monoisotopic (exact) mass is 587 g/mol. The predicted octanol–water partition coefficient (Wildman–Crippen LogP) is 1.73. The van der Waals surface area contributed by atoms with Crippen molar-refractivity contribution in [1.29, 1.82) is 0 Å². The van der Waals surface area contributed by atoms with E-state index in [2.05, 4.69) is 25.6 Å². The number of aliphatic carboxylic acids is 1. The number of rotatable bonds is 11. The van der Waals surface area contributed by atoms with Gasteiger partial charge in [0.25, 0.3) is 0 Å². The molecular formula is C25H28N6O9P-. The lowest BCUT2D eigenvalue weighted by Gasteiger charge is -2.26. The number of hydrogen-bond acceptors (Lipinski definition) is 11. The lowest BCUT2D eigenvalue weighted by atomic mass is 10.1. The summed E-state index contributed by atoms with van der Waals surface area (Å²) in [7, 11) is -4.46. The Morgan fingerprint density at radius 2 is 1.95 bits per heavy atom. The number of carbonyl (C=O) groups excluding carboxylic acids is 1. The van der Waals surface area contributed by atoms with Gasteiger partial charge in [0.2, 0.25) is 0 Å². The third-order valence-electron chi connectivity index (χ3n) is 6.35. The van der Waals surface area contributed by atoms with Crippen molar-refractivity contribution >= 4 is 42.7 Å². The number of urea groups is 1. The fraction of sp³-hybridized carbons (Fsp3) is 0.400. The molecule has 0 saturated carbocycles. The number of ether oxygens (including phenoxy) is 3. The molecule has 1 aromatic carbocycles. The second-order valence-corrected chi connectivity index (χ2v) is 11.1. The molecule has 15 nitrogen and oxygen atoms in total. The van der Waals surface area contributed by atoms with Gasteiger partial charge >= 0.3 is 12.0 Å². The smallest absolute Gasteiger partial charge is 0.320 e. The molecule has 2 aromatic heterocycles. The number of nitrogens with zero attached hydrogens (tertiary/aromatic N) is 4. The Hall–Kier alpha value is -3.72. The third kappa shape index (κ3) is 6.78. The number of nitrogens with one attached hydrogen (secondary N) is 2.